The maximum Gasteiger partial charge on any atom is 0.328 e. The van der Waals surface area contributed by atoms with E-state index in [1.807, 2.05) is 37.3 Å². The Morgan fingerprint density at radius 2 is 1.77 bits per heavy atom. The lowest BCUT2D eigenvalue weighted by Gasteiger charge is -2.28. The molecule has 2 amide bonds. The first kappa shape index (κ1) is 34.8. The summed E-state index contributed by atoms with van der Waals surface area (Å²) in [5.41, 5.74) is 1.32. The van der Waals surface area contributed by atoms with Crippen LogP contribution in [0.25, 0.3) is 0 Å². The first-order valence-corrected chi connectivity index (χ1v) is 15.7. The number of nitrogens with one attached hydrogen (secondary N) is 2. The Hall–Kier alpha value is -3.69. The van der Waals surface area contributed by atoms with Crippen LogP contribution in [0, 0.1) is 11.8 Å². The van der Waals surface area contributed by atoms with Gasteiger partial charge in [0.05, 0.1) is 18.6 Å². The van der Waals surface area contributed by atoms with Crippen molar-refractivity contribution >= 4 is 23.5 Å². The predicted octanol–water partition coefficient (Wildman–Crippen LogP) is 5.29. The summed E-state index contributed by atoms with van der Waals surface area (Å²) >= 11 is 0. The molecular formula is C35H48N2O7. The number of aliphatic hydroxyl groups excluding tert-OH is 1. The highest BCUT2D eigenvalue weighted by Gasteiger charge is 2.29. The Morgan fingerprint density at radius 1 is 1.02 bits per heavy atom. The summed E-state index contributed by atoms with van der Waals surface area (Å²) in [6.45, 7) is 3.46. The second kappa shape index (κ2) is 18.2. The summed E-state index contributed by atoms with van der Waals surface area (Å²) < 4.78 is 11.3. The number of aryl methyl sites for hydroxylation is 1. The molecule has 1 aliphatic heterocycles. The van der Waals surface area contributed by atoms with Crippen molar-refractivity contribution in [3.05, 3.63) is 72.4 Å². The van der Waals surface area contributed by atoms with Crippen LogP contribution in [0.1, 0.15) is 70.8 Å². The van der Waals surface area contributed by atoms with Gasteiger partial charge in [0.2, 0.25) is 11.8 Å². The van der Waals surface area contributed by atoms with Crippen molar-refractivity contribution in [2.45, 2.75) is 96.0 Å². The van der Waals surface area contributed by atoms with Gasteiger partial charge >= 0.3 is 5.97 Å². The Labute approximate surface area is 261 Å². The number of esters is 1. The molecule has 0 spiro atoms. The number of carbonyl (C=O) groups excluding carboxylic acids is 3. The van der Waals surface area contributed by atoms with E-state index in [0.29, 0.717) is 24.9 Å². The summed E-state index contributed by atoms with van der Waals surface area (Å²) in [5, 5.41) is 26.8. The molecule has 9 nitrogen and oxygen atoms in total. The topological polar surface area (TPSA) is 134 Å². The van der Waals surface area contributed by atoms with Crippen molar-refractivity contribution in [1.82, 2.24) is 5.32 Å². The van der Waals surface area contributed by atoms with Crippen LogP contribution in [0.3, 0.4) is 0 Å². The molecule has 0 unspecified atom stereocenters. The van der Waals surface area contributed by atoms with E-state index >= 15 is 0 Å². The largest absolute Gasteiger partial charge is 0.508 e. The van der Waals surface area contributed by atoms with E-state index in [1.54, 1.807) is 37.3 Å². The number of methoxy groups -OCH3 is 1. The number of fused-ring (bicyclic) bond motifs is 2. The number of carbonyl (C=O) groups is 3. The fourth-order valence-electron chi connectivity index (χ4n) is 5.38. The maximum absolute atomic E-state index is 13.0. The summed E-state index contributed by atoms with van der Waals surface area (Å²) in [7, 11) is 1.53. The molecule has 0 radical (unpaired) electrons. The molecule has 1 fully saturated rings. The Morgan fingerprint density at radius 3 is 2.52 bits per heavy atom. The minimum atomic E-state index is -0.883. The van der Waals surface area contributed by atoms with Gasteiger partial charge in [-0.2, -0.15) is 0 Å². The van der Waals surface area contributed by atoms with Crippen molar-refractivity contribution in [1.29, 1.82) is 0 Å². The molecule has 240 valence electrons. The Kier molecular flexibility index (Phi) is 14.4. The number of rotatable bonds is 5. The van der Waals surface area contributed by atoms with E-state index < -0.39 is 36.2 Å². The number of ether oxygens (including phenoxy) is 2. The van der Waals surface area contributed by atoms with Gasteiger partial charge in [0, 0.05) is 37.1 Å². The van der Waals surface area contributed by atoms with Crippen LogP contribution >= 0.6 is 0 Å². The third-order valence-electron chi connectivity index (χ3n) is 8.13. The maximum atomic E-state index is 13.0. The average Bonchev–Trinajstić information content (AvgIpc) is 3.00. The standard InChI is InChI=1S/C35H48N2O7/c1-24-31(39)18-13-12-14-26-20-28(22-29(38)21-26)37-33(40)23-30(43-3)17-10-5-4-6-11-19-32(24)44-35(42)25(2)36-34(41)27-15-8-7-9-16-27/h4-6,10-11,13,17-18,20-22,24-25,27,30-32,38-39H,7-9,12,14-16,19,23H2,1-3H3,(H,36,41)(H,37,40)/b5-4+,11-6+,17-10+,18-13-/t24-,25-,30+,31+,32+/m1/s1. The normalized spacial score (nSPS) is 27.9. The molecule has 0 saturated heterocycles. The molecule has 1 heterocycles. The van der Waals surface area contributed by atoms with Gasteiger partial charge in [-0.25, -0.2) is 4.79 Å². The molecule has 2 aliphatic rings. The fourth-order valence-corrected chi connectivity index (χ4v) is 5.38. The van der Waals surface area contributed by atoms with Crippen molar-refractivity contribution in [3.8, 4) is 5.75 Å². The van der Waals surface area contributed by atoms with E-state index in [2.05, 4.69) is 10.6 Å². The minimum Gasteiger partial charge on any atom is -0.508 e. The first-order valence-electron chi connectivity index (χ1n) is 15.7. The molecule has 3 rings (SSSR count). The summed E-state index contributed by atoms with van der Waals surface area (Å²) in [4.78, 5) is 38.3. The van der Waals surface area contributed by atoms with Crippen molar-refractivity contribution < 1.29 is 34.1 Å². The molecule has 44 heavy (non-hydrogen) atoms. The van der Waals surface area contributed by atoms with Gasteiger partial charge in [0.1, 0.15) is 17.9 Å². The van der Waals surface area contributed by atoms with Crippen LogP contribution in [0.15, 0.2) is 66.8 Å². The van der Waals surface area contributed by atoms with Gasteiger partial charge in [0.25, 0.3) is 0 Å². The zero-order chi connectivity index (χ0) is 31.9. The van der Waals surface area contributed by atoms with Crippen LogP contribution in [0.2, 0.25) is 0 Å². The average molecular weight is 609 g/mol. The molecule has 0 aromatic heterocycles. The van der Waals surface area contributed by atoms with Gasteiger partial charge in [0.15, 0.2) is 0 Å². The summed E-state index contributed by atoms with van der Waals surface area (Å²) in [5.74, 6) is -1.33. The van der Waals surface area contributed by atoms with Crippen LogP contribution in [-0.2, 0) is 30.3 Å². The molecule has 1 aromatic carbocycles. The molecule has 5 atom stereocenters. The molecule has 1 aromatic rings. The second-order valence-corrected chi connectivity index (χ2v) is 11.7. The number of anilines is 1. The summed E-state index contributed by atoms with van der Waals surface area (Å²) in [6, 6.07) is 4.14. The van der Waals surface area contributed by atoms with Crippen LogP contribution in [-0.4, -0.2) is 59.5 Å². The third-order valence-corrected chi connectivity index (χ3v) is 8.13. The number of hydrogen-bond acceptors (Lipinski definition) is 7. The van der Waals surface area contributed by atoms with E-state index in [0.717, 1.165) is 37.7 Å². The smallest absolute Gasteiger partial charge is 0.328 e. The van der Waals surface area contributed by atoms with Gasteiger partial charge in [-0.3, -0.25) is 9.59 Å². The van der Waals surface area contributed by atoms with E-state index in [1.165, 1.54) is 13.2 Å². The molecule has 1 saturated carbocycles. The number of hydrogen-bond donors (Lipinski definition) is 4. The number of allylic oxidation sites excluding steroid dienone is 5. The van der Waals surface area contributed by atoms with E-state index in [9.17, 15) is 24.6 Å². The third kappa shape index (κ3) is 11.8. The molecular weight excluding hydrogens is 560 g/mol. The van der Waals surface area contributed by atoms with E-state index in [4.69, 9.17) is 9.47 Å². The zero-order valence-corrected chi connectivity index (χ0v) is 26.1. The fraction of sp³-hybridized carbons (Fsp3) is 0.514. The number of phenols is 1. The molecule has 9 heteroatoms. The van der Waals surface area contributed by atoms with Crippen LogP contribution in [0.5, 0.6) is 5.75 Å². The zero-order valence-electron chi connectivity index (χ0n) is 26.1. The number of amides is 2. The van der Waals surface area contributed by atoms with Crippen molar-refractivity contribution in [2.75, 3.05) is 12.4 Å². The first-order chi connectivity index (χ1) is 21.2. The number of benzene rings is 1. The lowest BCUT2D eigenvalue weighted by atomic mass is 9.88. The number of aromatic hydroxyl groups is 1. The molecule has 1 aliphatic carbocycles. The van der Waals surface area contributed by atoms with Crippen LogP contribution in [0.4, 0.5) is 5.69 Å². The van der Waals surface area contributed by atoms with Gasteiger partial charge in [-0.15, -0.1) is 0 Å². The van der Waals surface area contributed by atoms with Crippen molar-refractivity contribution in [2.24, 2.45) is 11.8 Å². The minimum absolute atomic E-state index is 0.0449. The Balaban J connectivity index is 1.74. The van der Waals surface area contributed by atoms with Crippen LogP contribution < -0.4 is 10.6 Å². The lowest BCUT2D eigenvalue weighted by Crippen LogP contribution is -2.45. The quantitative estimate of drug-likeness (QED) is 0.264. The van der Waals surface area contributed by atoms with Gasteiger partial charge in [-0.05, 0) is 50.3 Å². The van der Waals surface area contributed by atoms with Gasteiger partial charge < -0.3 is 30.3 Å². The molecule has 2 bridgehead atoms. The highest BCUT2D eigenvalue weighted by Crippen LogP contribution is 2.25. The Bertz CT molecular complexity index is 1220. The second-order valence-electron chi connectivity index (χ2n) is 11.7. The monoisotopic (exact) mass is 608 g/mol. The highest BCUT2D eigenvalue weighted by molar-refractivity contribution is 5.91. The predicted molar refractivity (Wildman–Crippen MR) is 171 cm³/mol. The number of phenolic OH excluding ortho intramolecular Hbond substituents is 1. The SMILES string of the molecule is CO[C@H]1/C=C/C=C/C=C/C[C@H](OC(=O)[C@@H](C)NC(=O)C2CCCCC2)[C@H](C)[C@@H](O)/C=C\CCc2cc(O)cc(c2)NC(=O)C1. The van der Waals surface area contributed by atoms with E-state index in [-0.39, 0.29) is 29.9 Å². The number of aliphatic hydroxyl groups is 1. The highest BCUT2D eigenvalue weighted by atomic mass is 16.5. The van der Waals surface area contributed by atoms with Crippen molar-refractivity contribution in [3.63, 3.8) is 0 Å². The molecule has 4 N–H and O–H groups in total. The summed E-state index contributed by atoms with van der Waals surface area (Å²) in [6.07, 6.45) is 18.9. The van der Waals surface area contributed by atoms with Gasteiger partial charge in [-0.1, -0.05) is 74.8 Å². The lowest BCUT2D eigenvalue weighted by molar-refractivity contribution is -0.156.